The molecular formula is C8H5Cl3N2. The van der Waals surface area contributed by atoms with Crippen molar-refractivity contribution in [2.75, 3.05) is 0 Å². The van der Waals surface area contributed by atoms with Crippen LogP contribution < -0.4 is 0 Å². The standard InChI is InChI=1S/C8H5Cl3N2/c9-5-1-2-7-12-6(8(10)11)4-13(7)3-5/h1-4,8H. The molecule has 0 spiro atoms. The van der Waals surface area contributed by atoms with Crippen LogP contribution in [0.25, 0.3) is 5.65 Å². The second-order valence-electron chi connectivity index (χ2n) is 2.58. The first-order valence-electron chi connectivity index (χ1n) is 3.59. The van der Waals surface area contributed by atoms with Gasteiger partial charge in [-0.3, -0.25) is 0 Å². The molecule has 0 radical (unpaired) electrons. The van der Waals surface area contributed by atoms with Crippen LogP contribution in [0.3, 0.4) is 0 Å². The van der Waals surface area contributed by atoms with Gasteiger partial charge in [-0.1, -0.05) is 34.8 Å². The lowest BCUT2D eigenvalue weighted by Gasteiger charge is -1.91. The van der Waals surface area contributed by atoms with Gasteiger partial charge in [-0.05, 0) is 12.1 Å². The zero-order chi connectivity index (χ0) is 9.42. The van der Waals surface area contributed by atoms with Crippen LogP contribution in [0.1, 0.15) is 10.5 Å². The topological polar surface area (TPSA) is 17.3 Å². The van der Waals surface area contributed by atoms with E-state index in [1.165, 1.54) is 0 Å². The van der Waals surface area contributed by atoms with Crippen LogP contribution in [0.15, 0.2) is 24.5 Å². The number of rotatable bonds is 1. The van der Waals surface area contributed by atoms with E-state index in [4.69, 9.17) is 34.8 Å². The molecule has 0 aromatic carbocycles. The monoisotopic (exact) mass is 234 g/mol. The van der Waals surface area contributed by atoms with Crippen molar-refractivity contribution in [2.45, 2.75) is 4.84 Å². The molecule has 2 nitrogen and oxygen atoms in total. The first-order valence-corrected chi connectivity index (χ1v) is 4.84. The number of hydrogen-bond acceptors (Lipinski definition) is 1. The van der Waals surface area contributed by atoms with Crippen molar-refractivity contribution >= 4 is 40.4 Å². The van der Waals surface area contributed by atoms with Crippen molar-refractivity contribution < 1.29 is 0 Å². The number of halogens is 3. The van der Waals surface area contributed by atoms with E-state index in [1.807, 2.05) is 6.07 Å². The smallest absolute Gasteiger partial charge is 0.151 e. The molecule has 0 amide bonds. The summed E-state index contributed by atoms with van der Waals surface area (Å²) in [6, 6.07) is 3.58. The molecule has 0 unspecified atom stereocenters. The Morgan fingerprint density at radius 2 is 2.00 bits per heavy atom. The SMILES string of the molecule is Clc1ccc2nc(C(Cl)Cl)cn2c1. The molecule has 2 heterocycles. The molecule has 2 aromatic rings. The Labute approximate surface area is 90.0 Å². The second kappa shape index (κ2) is 3.37. The average molecular weight is 236 g/mol. The van der Waals surface area contributed by atoms with Gasteiger partial charge in [-0.25, -0.2) is 4.98 Å². The number of fused-ring (bicyclic) bond motifs is 1. The summed E-state index contributed by atoms with van der Waals surface area (Å²) < 4.78 is 1.79. The van der Waals surface area contributed by atoms with E-state index in [9.17, 15) is 0 Å². The Bertz CT molecular complexity index is 436. The average Bonchev–Trinajstić information content (AvgIpc) is 2.46. The number of hydrogen-bond donors (Lipinski definition) is 0. The minimum Gasteiger partial charge on any atom is -0.305 e. The van der Waals surface area contributed by atoms with Crippen LogP contribution in [0, 0.1) is 0 Å². The van der Waals surface area contributed by atoms with Gasteiger partial charge >= 0.3 is 0 Å². The number of aromatic nitrogens is 2. The first kappa shape index (κ1) is 9.13. The van der Waals surface area contributed by atoms with E-state index in [2.05, 4.69) is 4.98 Å². The lowest BCUT2D eigenvalue weighted by atomic mass is 10.5. The molecule has 0 N–H and O–H groups in total. The summed E-state index contributed by atoms with van der Waals surface area (Å²) in [5, 5.41) is 0.650. The van der Waals surface area contributed by atoms with E-state index in [-0.39, 0.29) is 0 Å². The lowest BCUT2D eigenvalue weighted by Crippen LogP contribution is -1.79. The van der Waals surface area contributed by atoms with Gasteiger partial charge in [-0.2, -0.15) is 0 Å². The molecule has 0 bridgehead atoms. The third kappa shape index (κ3) is 1.75. The van der Waals surface area contributed by atoms with Gasteiger partial charge in [0, 0.05) is 12.4 Å². The molecule has 0 saturated heterocycles. The van der Waals surface area contributed by atoms with Crippen molar-refractivity contribution in [3.05, 3.63) is 35.2 Å². The molecule has 0 aliphatic rings. The molecular weight excluding hydrogens is 230 g/mol. The van der Waals surface area contributed by atoms with Crippen LogP contribution in [0.2, 0.25) is 5.02 Å². The van der Waals surface area contributed by atoms with E-state index in [1.54, 1.807) is 22.9 Å². The van der Waals surface area contributed by atoms with Gasteiger partial charge in [0.25, 0.3) is 0 Å². The molecule has 0 atom stereocenters. The van der Waals surface area contributed by atoms with Gasteiger partial charge in [0.1, 0.15) is 5.65 Å². The normalized spacial score (nSPS) is 11.4. The summed E-state index contributed by atoms with van der Waals surface area (Å²) in [4.78, 5) is 3.60. The summed E-state index contributed by atoms with van der Waals surface area (Å²) in [6.07, 6.45) is 3.51. The van der Waals surface area contributed by atoms with Crippen LogP contribution in [0.5, 0.6) is 0 Å². The second-order valence-corrected chi connectivity index (χ2v) is 4.11. The van der Waals surface area contributed by atoms with Crippen LogP contribution in [-0.2, 0) is 0 Å². The highest BCUT2D eigenvalue weighted by molar-refractivity contribution is 6.43. The zero-order valence-corrected chi connectivity index (χ0v) is 8.68. The highest BCUT2D eigenvalue weighted by Gasteiger charge is 2.08. The molecule has 0 fully saturated rings. The zero-order valence-electron chi connectivity index (χ0n) is 6.42. The fraction of sp³-hybridized carbons (Fsp3) is 0.125. The van der Waals surface area contributed by atoms with E-state index in [0.717, 1.165) is 5.65 Å². The molecule has 0 saturated carbocycles. The van der Waals surface area contributed by atoms with Crippen LogP contribution in [-0.4, -0.2) is 9.38 Å². The van der Waals surface area contributed by atoms with Crippen molar-refractivity contribution in [3.63, 3.8) is 0 Å². The first-order chi connectivity index (χ1) is 6.16. The minimum absolute atomic E-state index is 0.598. The predicted molar refractivity (Wildman–Crippen MR) is 54.6 cm³/mol. The molecule has 68 valence electrons. The Hall–Kier alpha value is -0.440. The minimum atomic E-state index is -0.598. The largest absolute Gasteiger partial charge is 0.305 e. The maximum atomic E-state index is 5.79. The predicted octanol–water partition coefficient (Wildman–Crippen LogP) is 3.46. The molecule has 2 aromatic heterocycles. The molecule has 5 heteroatoms. The van der Waals surface area contributed by atoms with Crippen molar-refractivity contribution in [1.29, 1.82) is 0 Å². The summed E-state index contributed by atoms with van der Waals surface area (Å²) in [5.74, 6) is 0. The fourth-order valence-electron chi connectivity index (χ4n) is 1.09. The molecule has 13 heavy (non-hydrogen) atoms. The summed E-state index contributed by atoms with van der Waals surface area (Å²) in [5.41, 5.74) is 1.41. The van der Waals surface area contributed by atoms with Crippen molar-refractivity contribution in [3.8, 4) is 0 Å². The summed E-state index contributed by atoms with van der Waals surface area (Å²) in [6.45, 7) is 0. The summed E-state index contributed by atoms with van der Waals surface area (Å²) in [7, 11) is 0. The van der Waals surface area contributed by atoms with E-state index < -0.39 is 4.84 Å². The Balaban J connectivity index is 2.62. The van der Waals surface area contributed by atoms with Gasteiger partial charge < -0.3 is 4.40 Å². The van der Waals surface area contributed by atoms with E-state index >= 15 is 0 Å². The maximum absolute atomic E-state index is 5.79. The van der Waals surface area contributed by atoms with Gasteiger partial charge in [0.2, 0.25) is 0 Å². The van der Waals surface area contributed by atoms with Gasteiger partial charge in [0.15, 0.2) is 4.84 Å². The lowest BCUT2D eigenvalue weighted by molar-refractivity contribution is 1.18. The van der Waals surface area contributed by atoms with E-state index in [0.29, 0.717) is 10.7 Å². The molecule has 2 rings (SSSR count). The number of pyridine rings is 1. The quantitative estimate of drug-likeness (QED) is 0.692. The number of imidazole rings is 1. The third-order valence-corrected chi connectivity index (χ3v) is 2.33. The van der Waals surface area contributed by atoms with Crippen LogP contribution in [0.4, 0.5) is 0 Å². The number of nitrogens with zero attached hydrogens (tertiary/aromatic N) is 2. The van der Waals surface area contributed by atoms with Crippen molar-refractivity contribution in [1.82, 2.24) is 9.38 Å². The summed E-state index contributed by atoms with van der Waals surface area (Å²) >= 11 is 17.1. The fourth-order valence-corrected chi connectivity index (χ4v) is 1.47. The Kier molecular flexibility index (Phi) is 2.37. The highest BCUT2D eigenvalue weighted by atomic mass is 35.5. The third-order valence-electron chi connectivity index (χ3n) is 1.66. The highest BCUT2D eigenvalue weighted by Crippen LogP contribution is 2.24. The van der Waals surface area contributed by atoms with Gasteiger partial charge in [0.05, 0.1) is 10.7 Å². The number of alkyl halides is 2. The molecule has 0 aliphatic heterocycles. The van der Waals surface area contributed by atoms with Crippen molar-refractivity contribution in [2.24, 2.45) is 0 Å². The Morgan fingerprint density at radius 1 is 1.23 bits per heavy atom. The molecule has 0 aliphatic carbocycles. The van der Waals surface area contributed by atoms with Crippen LogP contribution >= 0.6 is 34.8 Å². The maximum Gasteiger partial charge on any atom is 0.151 e. The Morgan fingerprint density at radius 3 is 2.69 bits per heavy atom. The van der Waals surface area contributed by atoms with Gasteiger partial charge in [-0.15, -0.1) is 0 Å².